The maximum absolute atomic E-state index is 12.1. The fourth-order valence-electron chi connectivity index (χ4n) is 4.28. The number of hydrogen-bond acceptors (Lipinski definition) is 3. The van der Waals surface area contributed by atoms with Gasteiger partial charge in [0.1, 0.15) is 0 Å². The van der Waals surface area contributed by atoms with Crippen molar-refractivity contribution in [3.05, 3.63) is 66.9 Å². The fourth-order valence-corrected chi connectivity index (χ4v) is 5.21. The molecular weight excluding hydrogens is 496 g/mol. The first kappa shape index (κ1) is 20.6. The number of nitrogens with zero attached hydrogens (tertiary/aromatic N) is 2. The number of pyridine rings is 1. The Kier molecular flexibility index (Phi) is 6.11. The summed E-state index contributed by atoms with van der Waals surface area (Å²) in [5.41, 5.74) is 8.87. The molecule has 1 aliphatic carbocycles. The van der Waals surface area contributed by atoms with Crippen LogP contribution in [0.3, 0.4) is 0 Å². The van der Waals surface area contributed by atoms with Crippen LogP contribution in [0, 0.1) is 6.92 Å². The van der Waals surface area contributed by atoms with Crippen LogP contribution in [0.4, 0.5) is 4.79 Å². The van der Waals surface area contributed by atoms with E-state index in [4.69, 9.17) is 9.72 Å². The molecule has 0 unspecified atom stereocenters. The minimum atomic E-state index is -0.210. The summed E-state index contributed by atoms with van der Waals surface area (Å²) in [5, 5.41) is 0. The van der Waals surface area contributed by atoms with E-state index < -0.39 is 0 Å². The summed E-state index contributed by atoms with van der Waals surface area (Å²) in [6.07, 6.45) is 5.31. The van der Waals surface area contributed by atoms with E-state index in [2.05, 4.69) is 57.0 Å². The molecule has 1 amide bonds. The van der Waals surface area contributed by atoms with Crippen LogP contribution in [0.5, 0.6) is 0 Å². The summed E-state index contributed by atoms with van der Waals surface area (Å²) in [7, 11) is 0. The summed E-state index contributed by atoms with van der Waals surface area (Å²) in [5.74, 6) is 0. The van der Waals surface area contributed by atoms with E-state index in [9.17, 15) is 4.79 Å². The van der Waals surface area contributed by atoms with Crippen LogP contribution in [0.15, 0.2) is 38.9 Å². The largest absolute Gasteiger partial charge is 0.450 e. The van der Waals surface area contributed by atoms with Gasteiger partial charge in [0.05, 0.1) is 12.3 Å². The Morgan fingerprint density at radius 1 is 1.17 bits per heavy atom. The van der Waals surface area contributed by atoms with Crippen molar-refractivity contribution >= 4 is 43.5 Å². The highest BCUT2D eigenvalue weighted by Gasteiger charge is 2.28. The molecule has 1 aromatic carbocycles. The van der Waals surface area contributed by atoms with Crippen LogP contribution in [0.25, 0.3) is 5.57 Å². The number of amides is 1. The lowest BCUT2D eigenvalue weighted by Crippen LogP contribution is -2.37. The van der Waals surface area contributed by atoms with Crippen molar-refractivity contribution in [1.82, 2.24) is 9.88 Å². The SMILES string of the molecule is CCOC(=O)N1CCC(=C2c3ccc(C)c(Br)c3CCc3cc(Br)cnc32)CC1. The number of carbonyl (C=O) groups excluding carboxylic acids is 1. The van der Waals surface area contributed by atoms with Gasteiger partial charge in [-0.3, -0.25) is 4.98 Å². The van der Waals surface area contributed by atoms with Gasteiger partial charge in [-0.25, -0.2) is 4.79 Å². The minimum Gasteiger partial charge on any atom is -0.450 e. The summed E-state index contributed by atoms with van der Waals surface area (Å²) in [6, 6.07) is 6.62. The molecule has 1 fully saturated rings. The van der Waals surface area contributed by atoms with Gasteiger partial charge in [0.2, 0.25) is 0 Å². The fraction of sp³-hybridized carbons (Fsp3) is 0.391. The van der Waals surface area contributed by atoms with Crippen molar-refractivity contribution in [2.75, 3.05) is 19.7 Å². The molecule has 2 aromatic rings. The molecule has 4 rings (SSSR count). The van der Waals surface area contributed by atoms with Crippen molar-refractivity contribution in [3.8, 4) is 0 Å². The van der Waals surface area contributed by atoms with E-state index in [-0.39, 0.29) is 6.09 Å². The molecule has 0 radical (unpaired) electrons. The zero-order chi connectivity index (χ0) is 20.5. The number of fused-ring (bicyclic) bond motifs is 2. The van der Waals surface area contributed by atoms with E-state index in [1.807, 2.05) is 18.0 Å². The second-order valence-corrected chi connectivity index (χ2v) is 9.26. The zero-order valence-corrected chi connectivity index (χ0v) is 19.9. The van der Waals surface area contributed by atoms with Crippen LogP contribution in [0.1, 0.15) is 47.7 Å². The number of ether oxygens (including phenoxy) is 1. The molecule has 4 nitrogen and oxygen atoms in total. The zero-order valence-electron chi connectivity index (χ0n) is 16.7. The molecule has 6 heteroatoms. The Morgan fingerprint density at radius 3 is 2.66 bits per heavy atom. The topological polar surface area (TPSA) is 42.4 Å². The van der Waals surface area contributed by atoms with Crippen LogP contribution in [-0.4, -0.2) is 35.7 Å². The molecule has 1 aromatic heterocycles. The highest BCUT2D eigenvalue weighted by atomic mass is 79.9. The molecule has 0 N–H and O–H groups in total. The first-order chi connectivity index (χ1) is 14.0. The summed E-state index contributed by atoms with van der Waals surface area (Å²) >= 11 is 7.42. The van der Waals surface area contributed by atoms with Gasteiger partial charge in [-0.2, -0.15) is 0 Å². The van der Waals surface area contributed by atoms with Crippen molar-refractivity contribution < 1.29 is 9.53 Å². The van der Waals surface area contributed by atoms with Gasteiger partial charge in [0, 0.05) is 33.8 Å². The van der Waals surface area contributed by atoms with Crippen molar-refractivity contribution in [1.29, 1.82) is 0 Å². The Morgan fingerprint density at radius 2 is 1.93 bits per heavy atom. The van der Waals surface area contributed by atoms with Gasteiger partial charge in [-0.15, -0.1) is 0 Å². The molecule has 0 atom stereocenters. The average molecular weight is 520 g/mol. The third-order valence-corrected chi connectivity index (χ3v) is 7.30. The van der Waals surface area contributed by atoms with Crippen LogP contribution >= 0.6 is 31.9 Å². The maximum Gasteiger partial charge on any atom is 0.409 e. The number of halogens is 2. The standard InChI is InChI=1S/C23H24Br2N2O2/c1-3-29-23(28)27-10-8-15(9-11-27)20-18-6-4-14(2)21(25)19(18)7-5-16-12-17(24)13-26-22(16)20/h4,6,12-13H,3,5,7-11H2,1-2H3. The van der Waals surface area contributed by atoms with E-state index >= 15 is 0 Å². The Labute approximate surface area is 188 Å². The predicted molar refractivity (Wildman–Crippen MR) is 122 cm³/mol. The lowest BCUT2D eigenvalue weighted by Gasteiger charge is -2.29. The lowest BCUT2D eigenvalue weighted by atomic mass is 9.88. The van der Waals surface area contributed by atoms with E-state index in [0.29, 0.717) is 19.7 Å². The maximum atomic E-state index is 12.1. The van der Waals surface area contributed by atoms with Crippen molar-refractivity contribution in [2.24, 2.45) is 0 Å². The molecule has 1 saturated heterocycles. The van der Waals surface area contributed by atoms with Crippen LogP contribution in [0.2, 0.25) is 0 Å². The van der Waals surface area contributed by atoms with Gasteiger partial charge in [0.25, 0.3) is 0 Å². The number of rotatable bonds is 1. The van der Waals surface area contributed by atoms with E-state index in [1.54, 1.807) is 0 Å². The number of aromatic nitrogens is 1. The molecule has 152 valence electrons. The van der Waals surface area contributed by atoms with Gasteiger partial charge < -0.3 is 9.64 Å². The first-order valence-electron chi connectivity index (χ1n) is 10.1. The highest BCUT2D eigenvalue weighted by molar-refractivity contribution is 9.10. The molecule has 29 heavy (non-hydrogen) atoms. The molecule has 1 aliphatic heterocycles. The van der Waals surface area contributed by atoms with Gasteiger partial charge in [-0.05, 0) is 83.8 Å². The van der Waals surface area contributed by atoms with Crippen LogP contribution in [-0.2, 0) is 17.6 Å². The summed E-state index contributed by atoms with van der Waals surface area (Å²) in [4.78, 5) is 18.8. The van der Waals surface area contributed by atoms with Crippen molar-refractivity contribution in [3.63, 3.8) is 0 Å². The van der Waals surface area contributed by atoms with Gasteiger partial charge in [0.15, 0.2) is 0 Å². The lowest BCUT2D eigenvalue weighted by molar-refractivity contribution is 0.104. The van der Waals surface area contributed by atoms with Crippen molar-refractivity contribution in [2.45, 2.75) is 39.5 Å². The highest BCUT2D eigenvalue weighted by Crippen LogP contribution is 2.41. The molecule has 0 saturated carbocycles. The van der Waals surface area contributed by atoms with E-state index in [1.165, 1.54) is 37.9 Å². The third kappa shape index (κ3) is 4.02. The predicted octanol–water partition coefficient (Wildman–Crippen LogP) is 6.07. The first-order valence-corrected chi connectivity index (χ1v) is 11.6. The third-order valence-electron chi connectivity index (χ3n) is 5.77. The second kappa shape index (κ2) is 8.60. The summed E-state index contributed by atoms with van der Waals surface area (Å²) in [6.45, 7) is 5.77. The van der Waals surface area contributed by atoms with Gasteiger partial charge in [-0.1, -0.05) is 33.6 Å². The van der Waals surface area contributed by atoms with E-state index in [0.717, 1.165) is 35.8 Å². The Bertz CT molecular complexity index is 991. The second-order valence-electron chi connectivity index (χ2n) is 7.55. The number of likely N-dealkylation sites (tertiary alicyclic amines) is 1. The molecular formula is C23H24Br2N2O2. The molecule has 2 aliphatic rings. The molecule has 0 spiro atoms. The van der Waals surface area contributed by atoms with Gasteiger partial charge >= 0.3 is 6.09 Å². The normalized spacial score (nSPS) is 16.2. The number of piperidine rings is 1. The smallest absolute Gasteiger partial charge is 0.409 e. The number of hydrogen-bond donors (Lipinski definition) is 0. The number of carbonyl (C=O) groups is 1. The number of aryl methyl sites for hydroxylation is 2. The summed E-state index contributed by atoms with van der Waals surface area (Å²) < 4.78 is 7.39. The average Bonchev–Trinajstić information content (AvgIpc) is 2.88. The monoisotopic (exact) mass is 518 g/mol. The Hall–Kier alpha value is -1.66. The van der Waals surface area contributed by atoms with Crippen LogP contribution < -0.4 is 0 Å². The quantitative estimate of drug-likeness (QED) is 0.459. The molecule has 0 bridgehead atoms. The Balaban J connectivity index is 1.81. The number of benzene rings is 1. The molecule has 2 heterocycles. The minimum absolute atomic E-state index is 0.210.